The van der Waals surface area contributed by atoms with Gasteiger partial charge in [0.2, 0.25) is 0 Å². The van der Waals surface area contributed by atoms with Crippen LogP contribution in [0.3, 0.4) is 0 Å². The van der Waals surface area contributed by atoms with Crippen molar-refractivity contribution in [1.82, 2.24) is 4.90 Å². The smallest absolute Gasteiger partial charge is 0.416 e. The van der Waals surface area contributed by atoms with Crippen LogP contribution in [0.2, 0.25) is 0 Å². The first kappa shape index (κ1) is 18.6. The number of rotatable bonds is 5. The van der Waals surface area contributed by atoms with Gasteiger partial charge in [0.25, 0.3) is 5.91 Å². The standard InChI is InChI=1S/C24H28FNO4/c25-21-11-22(30-12-20-16-6-13-5-14(8-16)9-17(20)7-13)18(15-1-2-15)10-19(21)23(27)26-3-4-29-24(26)28/h10-11,13-17,20H,1-9,12H2. The molecule has 0 atom stereocenters. The lowest BCUT2D eigenvalue weighted by molar-refractivity contribution is -0.0530. The highest BCUT2D eigenvalue weighted by Gasteiger charge is 2.48. The Morgan fingerprint density at radius 1 is 1.10 bits per heavy atom. The zero-order chi connectivity index (χ0) is 20.4. The van der Waals surface area contributed by atoms with E-state index in [2.05, 4.69) is 0 Å². The third-order valence-corrected chi connectivity index (χ3v) is 8.21. The summed E-state index contributed by atoms with van der Waals surface area (Å²) in [6.45, 7) is 0.981. The van der Waals surface area contributed by atoms with Crippen molar-refractivity contribution in [3.8, 4) is 5.75 Å². The SMILES string of the molecule is O=C1OCCN1C(=O)c1cc(C2CC2)c(OCC2C3CC4CC(C3)CC2C4)cc1F. The summed E-state index contributed by atoms with van der Waals surface area (Å²) in [5, 5.41) is 0. The number of cyclic esters (lactones) is 1. The van der Waals surface area contributed by atoms with Gasteiger partial charge in [-0.05, 0) is 92.1 Å². The largest absolute Gasteiger partial charge is 0.493 e. The summed E-state index contributed by atoms with van der Waals surface area (Å²) in [6, 6.07) is 2.99. The summed E-state index contributed by atoms with van der Waals surface area (Å²) in [5.41, 5.74) is 0.855. The second-order valence-corrected chi connectivity index (χ2v) is 10.1. The Hall–Kier alpha value is -2.11. The number of hydrogen-bond donors (Lipinski definition) is 0. The topological polar surface area (TPSA) is 55.8 Å². The molecule has 5 nitrogen and oxygen atoms in total. The van der Waals surface area contributed by atoms with Crippen LogP contribution in [0.5, 0.6) is 5.75 Å². The minimum atomic E-state index is -0.699. The number of benzene rings is 1. The summed E-state index contributed by atoms with van der Waals surface area (Å²) in [6.07, 6.45) is 8.13. The number of carbonyl (C=O) groups is 2. The van der Waals surface area contributed by atoms with Gasteiger partial charge in [-0.15, -0.1) is 0 Å². The van der Waals surface area contributed by atoms with Gasteiger partial charge in [-0.3, -0.25) is 4.79 Å². The number of ether oxygens (including phenoxy) is 2. The number of nitrogens with zero attached hydrogens (tertiary/aromatic N) is 1. The van der Waals surface area contributed by atoms with Gasteiger partial charge in [-0.1, -0.05) is 0 Å². The van der Waals surface area contributed by atoms with Gasteiger partial charge >= 0.3 is 6.09 Å². The molecule has 1 aromatic rings. The molecule has 5 saturated carbocycles. The summed E-state index contributed by atoms with van der Waals surface area (Å²) >= 11 is 0. The first-order valence-electron chi connectivity index (χ1n) is 11.5. The van der Waals surface area contributed by atoms with Crippen molar-refractivity contribution in [3.05, 3.63) is 29.1 Å². The number of amides is 2. The molecule has 30 heavy (non-hydrogen) atoms. The number of imide groups is 1. The zero-order valence-electron chi connectivity index (χ0n) is 17.1. The Morgan fingerprint density at radius 3 is 2.40 bits per heavy atom. The maximum atomic E-state index is 14.9. The van der Waals surface area contributed by atoms with E-state index >= 15 is 0 Å². The summed E-state index contributed by atoms with van der Waals surface area (Å²) in [4.78, 5) is 25.4. The van der Waals surface area contributed by atoms with E-state index in [1.165, 1.54) is 38.2 Å². The molecular formula is C24H28FNO4. The Kier molecular flexibility index (Phi) is 4.32. The number of carbonyl (C=O) groups excluding carboxylic acids is 2. The predicted molar refractivity (Wildman–Crippen MR) is 107 cm³/mol. The third kappa shape index (κ3) is 3.10. The molecule has 6 aliphatic rings. The quantitative estimate of drug-likeness (QED) is 0.699. The average molecular weight is 413 g/mol. The van der Waals surface area contributed by atoms with E-state index < -0.39 is 17.8 Å². The van der Waals surface area contributed by atoms with Crippen molar-refractivity contribution >= 4 is 12.0 Å². The molecule has 1 aromatic carbocycles. The van der Waals surface area contributed by atoms with Gasteiger partial charge in [-0.2, -0.15) is 0 Å². The molecule has 1 heterocycles. The second-order valence-electron chi connectivity index (χ2n) is 10.1. The lowest BCUT2D eigenvalue weighted by Crippen LogP contribution is -2.47. The molecule has 1 saturated heterocycles. The molecule has 1 aliphatic heterocycles. The molecule has 0 N–H and O–H groups in total. The summed E-state index contributed by atoms with van der Waals surface area (Å²) in [7, 11) is 0. The second kappa shape index (κ2) is 6.96. The molecule has 0 spiro atoms. The molecular weight excluding hydrogens is 385 g/mol. The highest BCUT2D eigenvalue weighted by atomic mass is 19.1. The molecule has 4 bridgehead atoms. The van der Waals surface area contributed by atoms with Gasteiger partial charge in [-0.25, -0.2) is 14.1 Å². The average Bonchev–Trinajstić information content (AvgIpc) is 3.47. The van der Waals surface area contributed by atoms with E-state index in [1.54, 1.807) is 6.07 Å². The van der Waals surface area contributed by atoms with Crippen LogP contribution in [-0.4, -0.2) is 36.7 Å². The van der Waals surface area contributed by atoms with E-state index in [9.17, 15) is 14.0 Å². The lowest BCUT2D eigenvalue weighted by Gasteiger charge is -2.54. The van der Waals surface area contributed by atoms with Crippen LogP contribution < -0.4 is 4.74 Å². The molecule has 160 valence electrons. The lowest BCUT2D eigenvalue weighted by atomic mass is 9.52. The van der Waals surface area contributed by atoms with Crippen molar-refractivity contribution in [2.45, 2.75) is 50.9 Å². The maximum Gasteiger partial charge on any atom is 0.416 e. The van der Waals surface area contributed by atoms with Crippen molar-refractivity contribution < 1.29 is 23.5 Å². The normalized spacial score (nSPS) is 34.4. The zero-order valence-corrected chi connectivity index (χ0v) is 17.1. The molecule has 0 aromatic heterocycles. The first-order valence-corrected chi connectivity index (χ1v) is 11.5. The summed E-state index contributed by atoms with van der Waals surface area (Å²) in [5.74, 6) is 3.61. The van der Waals surface area contributed by atoms with Crippen molar-refractivity contribution in [2.75, 3.05) is 19.8 Å². The first-order chi connectivity index (χ1) is 14.6. The minimum absolute atomic E-state index is 0.0577. The van der Waals surface area contributed by atoms with Crippen molar-refractivity contribution in [2.24, 2.45) is 29.6 Å². The van der Waals surface area contributed by atoms with E-state index in [4.69, 9.17) is 9.47 Å². The number of hydrogen-bond acceptors (Lipinski definition) is 4. The molecule has 6 fully saturated rings. The van der Waals surface area contributed by atoms with E-state index in [0.717, 1.165) is 47.0 Å². The van der Waals surface area contributed by atoms with Crippen LogP contribution in [0.1, 0.15) is 66.8 Å². The maximum absolute atomic E-state index is 14.9. The van der Waals surface area contributed by atoms with Crippen molar-refractivity contribution in [1.29, 1.82) is 0 Å². The summed E-state index contributed by atoms with van der Waals surface area (Å²) < 4.78 is 26.0. The fourth-order valence-corrected chi connectivity index (χ4v) is 6.79. The Bertz CT molecular complexity index is 867. The van der Waals surface area contributed by atoms with Gasteiger partial charge in [0.15, 0.2) is 0 Å². The van der Waals surface area contributed by atoms with Gasteiger partial charge in [0, 0.05) is 6.07 Å². The van der Waals surface area contributed by atoms with Crippen LogP contribution >= 0.6 is 0 Å². The molecule has 5 aliphatic carbocycles. The van der Waals surface area contributed by atoms with Gasteiger partial charge < -0.3 is 9.47 Å². The van der Waals surface area contributed by atoms with Crippen LogP contribution in [0, 0.1) is 35.4 Å². The Balaban J connectivity index is 1.23. The minimum Gasteiger partial charge on any atom is -0.493 e. The number of halogens is 1. The Labute approximate surface area is 175 Å². The molecule has 7 rings (SSSR count). The molecule has 6 heteroatoms. The molecule has 0 radical (unpaired) electrons. The van der Waals surface area contributed by atoms with Crippen LogP contribution in [-0.2, 0) is 4.74 Å². The van der Waals surface area contributed by atoms with Gasteiger partial charge in [0.1, 0.15) is 18.2 Å². The van der Waals surface area contributed by atoms with E-state index in [-0.39, 0.29) is 18.7 Å². The third-order valence-electron chi connectivity index (χ3n) is 8.21. The molecule has 0 unspecified atom stereocenters. The van der Waals surface area contributed by atoms with E-state index in [1.807, 2.05) is 0 Å². The van der Waals surface area contributed by atoms with Crippen LogP contribution in [0.25, 0.3) is 0 Å². The van der Waals surface area contributed by atoms with Crippen molar-refractivity contribution in [3.63, 3.8) is 0 Å². The van der Waals surface area contributed by atoms with Crippen LogP contribution in [0.4, 0.5) is 9.18 Å². The monoisotopic (exact) mass is 413 g/mol. The van der Waals surface area contributed by atoms with Gasteiger partial charge in [0.05, 0.1) is 18.7 Å². The predicted octanol–water partition coefficient (Wildman–Crippen LogP) is 4.75. The van der Waals surface area contributed by atoms with Crippen LogP contribution in [0.15, 0.2) is 12.1 Å². The molecule has 2 amide bonds. The highest BCUT2D eigenvalue weighted by Crippen LogP contribution is 2.56. The highest BCUT2D eigenvalue weighted by molar-refractivity contribution is 6.04. The fraction of sp³-hybridized carbons (Fsp3) is 0.667. The Morgan fingerprint density at radius 2 is 1.80 bits per heavy atom. The van der Waals surface area contributed by atoms with E-state index in [0.29, 0.717) is 24.2 Å². The fourth-order valence-electron chi connectivity index (χ4n) is 6.79.